The first-order valence-electron chi connectivity index (χ1n) is 6.53. The van der Waals surface area contributed by atoms with Crippen LogP contribution in [0.2, 0.25) is 0 Å². The van der Waals surface area contributed by atoms with Crippen LogP contribution in [-0.4, -0.2) is 18.3 Å². The second-order valence-corrected chi connectivity index (χ2v) is 5.35. The Bertz CT molecular complexity index is 332. The molecule has 0 bridgehead atoms. The highest BCUT2D eigenvalue weighted by molar-refractivity contribution is 5.20. The third-order valence-electron chi connectivity index (χ3n) is 3.83. The number of hydrogen-bond donors (Lipinski definition) is 1. The Hall–Kier alpha value is -1.02. The molecule has 1 N–H and O–H groups in total. The fraction of sp³-hybridized carbons (Fsp3) is 0.600. The van der Waals surface area contributed by atoms with E-state index in [0.29, 0.717) is 6.61 Å². The molecule has 1 aliphatic carbocycles. The van der Waals surface area contributed by atoms with Crippen LogP contribution in [0.5, 0.6) is 5.75 Å². The van der Waals surface area contributed by atoms with Gasteiger partial charge in [0.25, 0.3) is 0 Å². The normalized spacial score (nSPS) is 18.7. The lowest BCUT2D eigenvalue weighted by Crippen LogP contribution is -2.24. The lowest BCUT2D eigenvalue weighted by atomic mass is 9.81. The van der Waals surface area contributed by atoms with Crippen molar-refractivity contribution in [1.29, 1.82) is 0 Å². The van der Waals surface area contributed by atoms with Gasteiger partial charge < -0.3 is 9.84 Å². The van der Waals surface area contributed by atoms with Gasteiger partial charge in [-0.3, -0.25) is 0 Å². The molecule has 0 heterocycles. The van der Waals surface area contributed by atoms with Crippen LogP contribution in [0.3, 0.4) is 0 Å². The summed E-state index contributed by atoms with van der Waals surface area (Å²) in [6.07, 6.45) is 4.65. The molecule has 2 rings (SSSR count). The lowest BCUT2D eigenvalue weighted by molar-refractivity contribution is 0.102. The average Bonchev–Trinajstić information content (AvgIpc) is 3.20. The molecule has 1 unspecified atom stereocenters. The summed E-state index contributed by atoms with van der Waals surface area (Å²) < 4.78 is 5.66. The Labute approximate surface area is 104 Å². The summed E-state index contributed by atoms with van der Waals surface area (Å²) in [4.78, 5) is 0. The predicted octanol–water partition coefficient (Wildman–Crippen LogP) is 3.25. The zero-order valence-electron chi connectivity index (χ0n) is 10.6. The smallest absolute Gasteiger partial charge is 0.119 e. The van der Waals surface area contributed by atoms with E-state index in [1.807, 2.05) is 30.3 Å². The van der Waals surface area contributed by atoms with Crippen molar-refractivity contribution in [2.45, 2.75) is 32.6 Å². The van der Waals surface area contributed by atoms with Crippen LogP contribution < -0.4 is 4.74 Å². The highest BCUT2D eigenvalue weighted by atomic mass is 16.5. The summed E-state index contributed by atoms with van der Waals surface area (Å²) in [7, 11) is 0. The molecule has 0 radical (unpaired) electrons. The Morgan fingerprint density at radius 3 is 2.59 bits per heavy atom. The summed E-state index contributed by atoms with van der Waals surface area (Å²) in [5.74, 6) is 1.67. The standard InChI is InChI=1S/C15H22O2/c1-15(12-16,13-8-9-13)10-5-11-17-14-6-3-2-4-7-14/h2-4,6-7,13,16H,5,8-12H2,1H3. The van der Waals surface area contributed by atoms with E-state index in [4.69, 9.17) is 4.74 Å². The Morgan fingerprint density at radius 2 is 2.00 bits per heavy atom. The van der Waals surface area contributed by atoms with Crippen molar-refractivity contribution in [3.05, 3.63) is 30.3 Å². The van der Waals surface area contributed by atoms with Gasteiger partial charge in [-0.25, -0.2) is 0 Å². The minimum atomic E-state index is 0.125. The highest BCUT2D eigenvalue weighted by Crippen LogP contribution is 2.47. The number of benzene rings is 1. The second-order valence-electron chi connectivity index (χ2n) is 5.35. The van der Waals surface area contributed by atoms with Crippen LogP contribution in [0.4, 0.5) is 0 Å². The van der Waals surface area contributed by atoms with Gasteiger partial charge in [-0.15, -0.1) is 0 Å². The predicted molar refractivity (Wildman–Crippen MR) is 69.1 cm³/mol. The molecule has 1 aromatic rings. The van der Waals surface area contributed by atoms with Gasteiger partial charge in [0, 0.05) is 6.61 Å². The summed E-state index contributed by atoms with van der Waals surface area (Å²) >= 11 is 0. The molecular weight excluding hydrogens is 212 g/mol. The number of para-hydroxylation sites is 1. The fourth-order valence-electron chi connectivity index (χ4n) is 2.38. The molecule has 1 fully saturated rings. The van der Waals surface area contributed by atoms with E-state index >= 15 is 0 Å². The van der Waals surface area contributed by atoms with E-state index in [-0.39, 0.29) is 5.41 Å². The topological polar surface area (TPSA) is 29.5 Å². The van der Waals surface area contributed by atoms with Crippen molar-refractivity contribution in [3.63, 3.8) is 0 Å². The van der Waals surface area contributed by atoms with Gasteiger partial charge in [0.2, 0.25) is 0 Å². The molecule has 0 spiro atoms. The summed E-state index contributed by atoms with van der Waals surface area (Å²) in [6, 6.07) is 9.91. The third-order valence-corrected chi connectivity index (χ3v) is 3.83. The van der Waals surface area contributed by atoms with Crippen LogP contribution in [0.15, 0.2) is 30.3 Å². The van der Waals surface area contributed by atoms with Gasteiger partial charge >= 0.3 is 0 Å². The van der Waals surface area contributed by atoms with E-state index in [0.717, 1.165) is 31.1 Å². The number of ether oxygens (including phenoxy) is 1. The van der Waals surface area contributed by atoms with Gasteiger partial charge in [-0.05, 0) is 49.1 Å². The van der Waals surface area contributed by atoms with Crippen molar-refractivity contribution in [3.8, 4) is 5.75 Å². The fourth-order valence-corrected chi connectivity index (χ4v) is 2.38. The molecular formula is C15H22O2. The lowest BCUT2D eigenvalue weighted by Gasteiger charge is -2.27. The van der Waals surface area contributed by atoms with Gasteiger partial charge in [0.1, 0.15) is 5.75 Å². The van der Waals surface area contributed by atoms with Crippen molar-refractivity contribution in [2.75, 3.05) is 13.2 Å². The Kier molecular flexibility index (Phi) is 4.06. The molecule has 1 saturated carbocycles. The van der Waals surface area contributed by atoms with Crippen LogP contribution >= 0.6 is 0 Å². The minimum absolute atomic E-state index is 0.125. The van der Waals surface area contributed by atoms with E-state index in [1.165, 1.54) is 12.8 Å². The first-order valence-corrected chi connectivity index (χ1v) is 6.53. The molecule has 1 aliphatic rings. The van der Waals surface area contributed by atoms with E-state index in [2.05, 4.69) is 6.92 Å². The van der Waals surface area contributed by atoms with E-state index in [1.54, 1.807) is 0 Å². The Morgan fingerprint density at radius 1 is 1.29 bits per heavy atom. The quantitative estimate of drug-likeness (QED) is 0.734. The summed E-state index contributed by atoms with van der Waals surface area (Å²) in [5.41, 5.74) is 0.125. The maximum absolute atomic E-state index is 9.47. The van der Waals surface area contributed by atoms with Gasteiger partial charge in [-0.1, -0.05) is 25.1 Å². The zero-order chi connectivity index (χ0) is 12.1. The molecule has 2 heteroatoms. The van der Waals surface area contributed by atoms with Crippen molar-refractivity contribution < 1.29 is 9.84 Å². The van der Waals surface area contributed by atoms with Gasteiger partial charge in [0.15, 0.2) is 0 Å². The Balaban J connectivity index is 1.69. The van der Waals surface area contributed by atoms with Crippen LogP contribution in [0.25, 0.3) is 0 Å². The molecule has 94 valence electrons. The molecule has 0 saturated heterocycles. The van der Waals surface area contributed by atoms with Crippen LogP contribution in [0, 0.1) is 11.3 Å². The largest absolute Gasteiger partial charge is 0.494 e. The molecule has 0 aromatic heterocycles. The third kappa shape index (κ3) is 3.47. The zero-order valence-corrected chi connectivity index (χ0v) is 10.6. The second kappa shape index (κ2) is 5.54. The maximum Gasteiger partial charge on any atom is 0.119 e. The number of rotatable bonds is 7. The molecule has 2 nitrogen and oxygen atoms in total. The molecule has 0 aliphatic heterocycles. The van der Waals surface area contributed by atoms with Crippen LogP contribution in [0.1, 0.15) is 32.6 Å². The summed E-state index contributed by atoms with van der Waals surface area (Å²) in [5, 5.41) is 9.47. The minimum Gasteiger partial charge on any atom is -0.494 e. The highest BCUT2D eigenvalue weighted by Gasteiger charge is 2.40. The van der Waals surface area contributed by atoms with Crippen molar-refractivity contribution in [2.24, 2.45) is 11.3 Å². The van der Waals surface area contributed by atoms with Gasteiger partial charge in [0.05, 0.1) is 6.61 Å². The number of aliphatic hydroxyl groups is 1. The molecule has 17 heavy (non-hydrogen) atoms. The average molecular weight is 234 g/mol. The first-order chi connectivity index (χ1) is 8.24. The number of hydrogen-bond acceptors (Lipinski definition) is 2. The van der Waals surface area contributed by atoms with Crippen LogP contribution in [-0.2, 0) is 0 Å². The SMILES string of the molecule is CC(CO)(CCCOc1ccccc1)C1CC1. The maximum atomic E-state index is 9.47. The monoisotopic (exact) mass is 234 g/mol. The van der Waals surface area contributed by atoms with E-state index < -0.39 is 0 Å². The van der Waals surface area contributed by atoms with Crippen molar-refractivity contribution >= 4 is 0 Å². The summed E-state index contributed by atoms with van der Waals surface area (Å²) in [6.45, 7) is 3.25. The molecule has 1 aromatic carbocycles. The van der Waals surface area contributed by atoms with E-state index in [9.17, 15) is 5.11 Å². The van der Waals surface area contributed by atoms with Crippen molar-refractivity contribution in [1.82, 2.24) is 0 Å². The number of aliphatic hydroxyl groups excluding tert-OH is 1. The molecule has 0 amide bonds. The first kappa shape index (κ1) is 12.4. The molecule has 1 atom stereocenters. The van der Waals surface area contributed by atoms with Gasteiger partial charge in [-0.2, -0.15) is 0 Å².